The molecule has 0 spiro atoms. The zero-order valence-corrected chi connectivity index (χ0v) is 9.98. The highest BCUT2D eigenvalue weighted by Crippen LogP contribution is 2.39. The van der Waals surface area contributed by atoms with Crippen LogP contribution in [0, 0.1) is 11.8 Å². The third kappa shape index (κ3) is 1.46. The van der Waals surface area contributed by atoms with Crippen LogP contribution in [-0.2, 0) is 0 Å². The van der Waals surface area contributed by atoms with Crippen molar-refractivity contribution in [2.75, 3.05) is 16.8 Å². The second-order valence-corrected chi connectivity index (χ2v) is 5.26. The van der Waals surface area contributed by atoms with E-state index in [1.165, 1.54) is 18.5 Å². The molecule has 0 saturated carbocycles. The monoisotopic (exact) mass is 217 g/mol. The first-order chi connectivity index (χ1) is 7.75. The highest BCUT2D eigenvalue weighted by molar-refractivity contribution is 5.72. The molecule has 1 N–H and O–H groups in total. The van der Waals surface area contributed by atoms with Gasteiger partial charge >= 0.3 is 0 Å². The lowest BCUT2D eigenvalue weighted by molar-refractivity contribution is 0.284. The molecule has 0 amide bonds. The molecule has 0 aromatic carbocycles. The lowest BCUT2D eigenvalue weighted by atomic mass is 9.85. The Morgan fingerprint density at radius 3 is 3.19 bits per heavy atom. The van der Waals surface area contributed by atoms with Crippen LogP contribution in [0.4, 0.5) is 11.5 Å². The number of fused-ring (bicyclic) bond motifs is 3. The highest BCUT2D eigenvalue weighted by atomic mass is 15.4. The SMILES string of the molecule is CC(C)C1CCN2c3ncccc3N[C@H]2C1. The van der Waals surface area contributed by atoms with Crippen molar-refractivity contribution in [2.24, 2.45) is 11.8 Å². The normalized spacial score (nSPS) is 27.6. The van der Waals surface area contributed by atoms with E-state index >= 15 is 0 Å². The maximum atomic E-state index is 4.48. The van der Waals surface area contributed by atoms with Crippen LogP contribution in [-0.4, -0.2) is 17.7 Å². The van der Waals surface area contributed by atoms with Gasteiger partial charge in [0.1, 0.15) is 6.17 Å². The van der Waals surface area contributed by atoms with Gasteiger partial charge in [-0.2, -0.15) is 0 Å². The van der Waals surface area contributed by atoms with Crippen LogP contribution in [0.1, 0.15) is 26.7 Å². The van der Waals surface area contributed by atoms with Crippen molar-refractivity contribution < 1.29 is 0 Å². The summed E-state index contributed by atoms with van der Waals surface area (Å²) in [4.78, 5) is 6.90. The molecule has 2 atom stereocenters. The van der Waals surface area contributed by atoms with E-state index in [1.54, 1.807) is 0 Å². The van der Waals surface area contributed by atoms with Crippen molar-refractivity contribution in [2.45, 2.75) is 32.9 Å². The van der Waals surface area contributed by atoms with E-state index in [2.05, 4.69) is 35.1 Å². The van der Waals surface area contributed by atoms with Crippen LogP contribution in [0.3, 0.4) is 0 Å². The molecule has 2 aliphatic heterocycles. The van der Waals surface area contributed by atoms with Crippen LogP contribution in [0.15, 0.2) is 18.3 Å². The summed E-state index contributed by atoms with van der Waals surface area (Å²) in [5, 5.41) is 3.58. The van der Waals surface area contributed by atoms with Gasteiger partial charge in [-0.05, 0) is 36.8 Å². The molecule has 0 bridgehead atoms. The standard InChI is InChI=1S/C13H19N3/c1-9(2)10-5-7-16-12(8-10)15-11-4-3-6-14-13(11)16/h3-4,6,9-10,12,15H,5,7-8H2,1-2H3/t10?,12-/m1/s1. The summed E-state index contributed by atoms with van der Waals surface area (Å²) in [6.07, 6.45) is 4.91. The van der Waals surface area contributed by atoms with Crippen LogP contribution >= 0.6 is 0 Å². The molecule has 86 valence electrons. The molecule has 1 unspecified atom stereocenters. The lowest BCUT2D eigenvalue weighted by Gasteiger charge is -2.37. The lowest BCUT2D eigenvalue weighted by Crippen LogP contribution is -2.44. The zero-order chi connectivity index (χ0) is 11.1. The largest absolute Gasteiger partial charge is 0.362 e. The Bertz CT molecular complexity index is 389. The summed E-state index contributed by atoms with van der Waals surface area (Å²) in [6.45, 7) is 5.81. The fourth-order valence-corrected chi connectivity index (χ4v) is 2.91. The molecule has 3 nitrogen and oxygen atoms in total. The van der Waals surface area contributed by atoms with Crippen LogP contribution in [0.25, 0.3) is 0 Å². The topological polar surface area (TPSA) is 28.2 Å². The van der Waals surface area contributed by atoms with E-state index in [1.807, 2.05) is 12.3 Å². The van der Waals surface area contributed by atoms with Gasteiger partial charge in [0.05, 0.1) is 5.69 Å². The van der Waals surface area contributed by atoms with Crippen molar-refractivity contribution in [3.05, 3.63) is 18.3 Å². The number of hydrogen-bond acceptors (Lipinski definition) is 3. The van der Waals surface area contributed by atoms with Crippen molar-refractivity contribution in [3.8, 4) is 0 Å². The molecule has 3 rings (SSSR count). The quantitative estimate of drug-likeness (QED) is 0.784. The first kappa shape index (κ1) is 9.94. The minimum absolute atomic E-state index is 0.478. The van der Waals surface area contributed by atoms with Gasteiger partial charge < -0.3 is 10.2 Å². The van der Waals surface area contributed by atoms with Gasteiger partial charge in [0.2, 0.25) is 0 Å². The third-order valence-electron chi connectivity index (χ3n) is 3.97. The summed E-state index contributed by atoms with van der Waals surface area (Å²) in [7, 11) is 0. The highest BCUT2D eigenvalue weighted by Gasteiger charge is 2.35. The van der Waals surface area contributed by atoms with E-state index in [-0.39, 0.29) is 0 Å². The van der Waals surface area contributed by atoms with E-state index in [0.29, 0.717) is 6.17 Å². The van der Waals surface area contributed by atoms with E-state index < -0.39 is 0 Å². The van der Waals surface area contributed by atoms with Gasteiger partial charge in [0.15, 0.2) is 5.82 Å². The molecule has 3 heterocycles. The van der Waals surface area contributed by atoms with Gasteiger partial charge in [-0.1, -0.05) is 13.8 Å². The van der Waals surface area contributed by atoms with Crippen molar-refractivity contribution in [1.82, 2.24) is 4.98 Å². The van der Waals surface area contributed by atoms with Crippen LogP contribution in [0.5, 0.6) is 0 Å². The Morgan fingerprint density at radius 2 is 2.38 bits per heavy atom. The van der Waals surface area contributed by atoms with Gasteiger partial charge in [-0.15, -0.1) is 0 Å². The fourth-order valence-electron chi connectivity index (χ4n) is 2.91. The molecule has 0 aliphatic carbocycles. The van der Waals surface area contributed by atoms with Gasteiger partial charge in [0.25, 0.3) is 0 Å². The van der Waals surface area contributed by atoms with Gasteiger partial charge in [-0.25, -0.2) is 4.98 Å². The molecule has 1 aromatic rings. The number of piperidine rings is 1. The van der Waals surface area contributed by atoms with Crippen molar-refractivity contribution in [3.63, 3.8) is 0 Å². The average molecular weight is 217 g/mol. The molecular weight excluding hydrogens is 198 g/mol. The molecule has 2 aliphatic rings. The minimum Gasteiger partial charge on any atom is -0.362 e. The smallest absolute Gasteiger partial charge is 0.153 e. The molecule has 1 saturated heterocycles. The van der Waals surface area contributed by atoms with Crippen molar-refractivity contribution >= 4 is 11.5 Å². The predicted octanol–water partition coefficient (Wildman–Crippen LogP) is 2.71. The van der Waals surface area contributed by atoms with Crippen LogP contribution < -0.4 is 10.2 Å². The maximum absolute atomic E-state index is 4.48. The Morgan fingerprint density at radius 1 is 1.50 bits per heavy atom. The summed E-state index contributed by atoms with van der Waals surface area (Å²) >= 11 is 0. The van der Waals surface area contributed by atoms with Crippen LogP contribution in [0.2, 0.25) is 0 Å². The van der Waals surface area contributed by atoms with E-state index in [9.17, 15) is 0 Å². The second kappa shape index (κ2) is 3.65. The predicted molar refractivity (Wildman–Crippen MR) is 66.6 cm³/mol. The first-order valence-corrected chi connectivity index (χ1v) is 6.24. The minimum atomic E-state index is 0.478. The summed E-state index contributed by atoms with van der Waals surface area (Å²) in [6, 6.07) is 4.13. The van der Waals surface area contributed by atoms with Gasteiger partial charge in [0, 0.05) is 12.7 Å². The molecule has 0 radical (unpaired) electrons. The number of rotatable bonds is 1. The molecular formula is C13H19N3. The number of pyridine rings is 1. The summed E-state index contributed by atoms with van der Waals surface area (Å²) in [5.74, 6) is 2.79. The number of nitrogens with zero attached hydrogens (tertiary/aromatic N) is 2. The Hall–Kier alpha value is -1.25. The summed E-state index contributed by atoms with van der Waals surface area (Å²) < 4.78 is 0. The van der Waals surface area contributed by atoms with E-state index in [0.717, 1.165) is 24.2 Å². The number of aromatic nitrogens is 1. The maximum Gasteiger partial charge on any atom is 0.153 e. The molecule has 1 fully saturated rings. The Kier molecular flexibility index (Phi) is 2.27. The fraction of sp³-hybridized carbons (Fsp3) is 0.615. The average Bonchev–Trinajstić information content (AvgIpc) is 2.66. The first-order valence-electron chi connectivity index (χ1n) is 6.24. The number of anilines is 2. The molecule has 16 heavy (non-hydrogen) atoms. The summed E-state index contributed by atoms with van der Waals surface area (Å²) in [5.41, 5.74) is 1.21. The van der Waals surface area contributed by atoms with Crippen molar-refractivity contribution in [1.29, 1.82) is 0 Å². The Balaban J connectivity index is 1.82. The number of nitrogens with one attached hydrogen (secondary N) is 1. The number of hydrogen-bond donors (Lipinski definition) is 1. The Labute approximate surface area is 96.9 Å². The third-order valence-corrected chi connectivity index (χ3v) is 3.97. The van der Waals surface area contributed by atoms with Gasteiger partial charge in [-0.3, -0.25) is 0 Å². The second-order valence-electron chi connectivity index (χ2n) is 5.26. The van der Waals surface area contributed by atoms with E-state index in [4.69, 9.17) is 0 Å². The molecule has 3 heteroatoms. The molecule has 1 aromatic heterocycles. The zero-order valence-electron chi connectivity index (χ0n) is 9.98.